The Morgan fingerprint density at radius 2 is 2.05 bits per heavy atom. The van der Waals surface area contributed by atoms with Gasteiger partial charge in [0.2, 0.25) is 10.0 Å². The minimum Gasteiger partial charge on any atom is -0.481 e. The number of aromatic nitrogens is 2. The zero-order valence-corrected chi connectivity index (χ0v) is 10.7. The topological polar surface area (TPSA) is 142 Å². The summed E-state index contributed by atoms with van der Waals surface area (Å²) < 4.78 is 26.9. The number of rotatable bonds is 8. The van der Waals surface area contributed by atoms with Crippen LogP contribution in [0.4, 0.5) is 0 Å². The molecule has 0 radical (unpaired) electrons. The Balaban J connectivity index is 2.76. The molecule has 19 heavy (non-hydrogen) atoms. The third-order valence-corrected chi connectivity index (χ3v) is 3.71. The molecule has 0 unspecified atom stereocenters. The van der Waals surface area contributed by atoms with Crippen molar-refractivity contribution < 1.29 is 28.5 Å². The maximum Gasteiger partial charge on any atom is 0.305 e. The van der Waals surface area contributed by atoms with Gasteiger partial charge in [-0.25, -0.2) is 13.1 Å². The second kappa shape index (κ2) is 6.61. The highest BCUT2D eigenvalue weighted by atomic mass is 32.2. The molecule has 0 spiro atoms. The molecule has 0 aliphatic heterocycles. The second-order valence-corrected chi connectivity index (χ2v) is 5.48. The maximum atomic E-state index is 11.8. The molecule has 1 aromatic rings. The van der Waals surface area contributed by atoms with Crippen molar-refractivity contribution >= 4 is 16.0 Å². The molecule has 0 saturated heterocycles. The first-order chi connectivity index (χ1) is 8.89. The van der Waals surface area contributed by atoms with Crippen LogP contribution >= 0.6 is 0 Å². The number of aliphatic hydroxyl groups excluding tert-OH is 2. The van der Waals surface area contributed by atoms with Gasteiger partial charge in [-0.2, -0.15) is 5.10 Å². The Kier molecular flexibility index (Phi) is 5.42. The summed E-state index contributed by atoms with van der Waals surface area (Å²) in [7, 11) is -3.90. The quantitative estimate of drug-likeness (QED) is 0.434. The number of carboxylic acid groups (broad SMARTS) is 1. The molecule has 0 saturated carbocycles. The molecule has 0 amide bonds. The lowest BCUT2D eigenvalue weighted by atomic mass is 10.4. The van der Waals surface area contributed by atoms with Gasteiger partial charge in [0, 0.05) is 6.20 Å². The predicted octanol–water partition coefficient (Wildman–Crippen LogP) is -2.01. The Hall–Kier alpha value is -1.49. The van der Waals surface area contributed by atoms with E-state index in [2.05, 4.69) is 9.82 Å². The summed E-state index contributed by atoms with van der Waals surface area (Å²) in [5.74, 6) is -1.02. The third kappa shape index (κ3) is 4.59. The third-order valence-electron chi connectivity index (χ3n) is 2.24. The van der Waals surface area contributed by atoms with Crippen LogP contribution in [0.1, 0.15) is 6.42 Å². The standard InChI is InChI=1S/C9H15N3O6S/c13-5-7(6-14)11-19(17,18)8-3-10-12(4-8)2-1-9(15)16/h3-4,7,11,13-14H,1-2,5-6H2,(H,15,16). The van der Waals surface area contributed by atoms with E-state index in [-0.39, 0.29) is 17.9 Å². The molecule has 0 aromatic carbocycles. The number of aliphatic carboxylic acids is 1. The number of aliphatic hydroxyl groups is 2. The number of sulfonamides is 1. The highest BCUT2D eigenvalue weighted by Gasteiger charge is 2.20. The van der Waals surface area contributed by atoms with Crippen molar-refractivity contribution in [1.82, 2.24) is 14.5 Å². The van der Waals surface area contributed by atoms with E-state index < -0.39 is 35.2 Å². The number of nitrogens with one attached hydrogen (secondary N) is 1. The summed E-state index contributed by atoms with van der Waals surface area (Å²) >= 11 is 0. The molecule has 0 aliphatic carbocycles. The number of carboxylic acids is 1. The van der Waals surface area contributed by atoms with Gasteiger partial charge in [-0.1, -0.05) is 0 Å². The summed E-state index contributed by atoms with van der Waals surface area (Å²) in [5, 5.41) is 29.8. The normalized spacial score (nSPS) is 11.9. The van der Waals surface area contributed by atoms with Crippen LogP contribution < -0.4 is 4.72 Å². The predicted molar refractivity (Wildman–Crippen MR) is 62.8 cm³/mol. The van der Waals surface area contributed by atoms with E-state index in [1.807, 2.05) is 0 Å². The molecular formula is C9H15N3O6S. The van der Waals surface area contributed by atoms with Gasteiger partial charge in [0.05, 0.1) is 38.4 Å². The summed E-state index contributed by atoms with van der Waals surface area (Å²) in [6.07, 6.45) is 2.07. The lowest BCUT2D eigenvalue weighted by Gasteiger charge is -2.12. The molecule has 0 atom stereocenters. The van der Waals surface area contributed by atoms with E-state index in [0.717, 1.165) is 6.20 Å². The molecular weight excluding hydrogens is 278 g/mol. The van der Waals surface area contributed by atoms with Crippen molar-refractivity contribution in [3.63, 3.8) is 0 Å². The molecule has 108 valence electrons. The fourth-order valence-electron chi connectivity index (χ4n) is 1.24. The summed E-state index contributed by atoms with van der Waals surface area (Å²) in [5.41, 5.74) is 0. The van der Waals surface area contributed by atoms with Crippen molar-refractivity contribution in [2.24, 2.45) is 0 Å². The lowest BCUT2D eigenvalue weighted by molar-refractivity contribution is -0.137. The molecule has 0 aliphatic rings. The highest BCUT2D eigenvalue weighted by molar-refractivity contribution is 7.89. The van der Waals surface area contributed by atoms with E-state index in [1.165, 1.54) is 10.9 Å². The Morgan fingerprint density at radius 1 is 1.42 bits per heavy atom. The Bertz CT molecular complexity index is 522. The zero-order valence-electron chi connectivity index (χ0n) is 9.93. The average molecular weight is 293 g/mol. The zero-order chi connectivity index (χ0) is 14.5. The molecule has 9 nitrogen and oxygen atoms in total. The minimum atomic E-state index is -3.90. The molecule has 1 heterocycles. The van der Waals surface area contributed by atoms with Crippen LogP contribution in [0.2, 0.25) is 0 Å². The molecule has 1 rings (SSSR count). The first-order valence-electron chi connectivity index (χ1n) is 5.37. The van der Waals surface area contributed by atoms with E-state index in [1.54, 1.807) is 0 Å². The van der Waals surface area contributed by atoms with Crippen LogP contribution in [0, 0.1) is 0 Å². The molecule has 0 bridgehead atoms. The van der Waals surface area contributed by atoms with Crippen LogP contribution in [0.25, 0.3) is 0 Å². The van der Waals surface area contributed by atoms with Crippen molar-refractivity contribution in [1.29, 1.82) is 0 Å². The van der Waals surface area contributed by atoms with Gasteiger partial charge < -0.3 is 15.3 Å². The molecule has 4 N–H and O–H groups in total. The maximum absolute atomic E-state index is 11.8. The van der Waals surface area contributed by atoms with Crippen LogP contribution in [-0.4, -0.2) is 58.7 Å². The summed E-state index contributed by atoms with van der Waals surface area (Å²) in [4.78, 5) is 10.2. The first kappa shape index (κ1) is 15.6. The molecule has 0 fully saturated rings. The number of aryl methyl sites for hydroxylation is 1. The SMILES string of the molecule is O=C(O)CCn1cc(S(=O)(=O)NC(CO)CO)cn1. The largest absolute Gasteiger partial charge is 0.481 e. The molecule has 10 heteroatoms. The number of carbonyl (C=O) groups is 1. The number of hydrogen-bond acceptors (Lipinski definition) is 6. The van der Waals surface area contributed by atoms with Gasteiger partial charge >= 0.3 is 5.97 Å². The number of hydrogen-bond donors (Lipinski definition) is 4. The van der Waals surface area contributed by atoms with Gasteiger partial charge in [-0.05, 0) is 0 Å². The van der Waals surface area contributed by atoms with Crippen LogP contribution in [0.15, 0.2) is 17.3 Å². The van der Waals surface area contributed by atoms with Crippen molar-refractivity contribution in [2.45, 2.75) is 23.9 Å². The summed E-state index contributed by atoms with van der Waals surface area (Å²) in [6.45, 7) is -1.03. The first-order valence-corrected chi connectivity index (χ1v) is 6.85. The average Bonchev–Trinajstić information content (AvgIpc) is 2.83. The Morgan fingerprint density at radius 3 is 2.58 bits per heavy atom. The van der Waals surface area contributed by atoms with Gasteiger partial charge in [0.1, 0.15) is 4.90 Å². The molecule has 1 aromatic heterocycles. The fourth-order valence-corrected chi connectivity index (χ4v) is 2.41. The Labute approximate surface area is 109 Å². The number of nitrogens with zero attached hydrogens (tertiary/aromatic N) is 2. The summed E-state index contributed by atoms with van der Waals surface area (Å²) in [6, 6.07) is -0.993. The van der Waals surface area contributed by atoms with E-state index in [4.69, 9.17) is 15.3 Å². The van der Waals surface area contributed by atoms with E-state index in [9.17, 15) is 13.2 Å². The monoisotopic (exact) mass is 293 g/mol. The van der Waals surface area contributed by atoms with Gasteiger partial charge in [-0.3, -0.25) is 9.48 Å². The van der Waals surface area contributed by atoms with Gasteiger partial charge in [-0.15, -0.1) is 0 Å². The second-order valence-electron chi connectivity index (χ2n) is 3.77. The fraction of sp³-hybridized carbons (Fsp3) is 0.556. The van der Waals surface area contributed by atoms with Crippen molar-refractivity contribution in [3.8, 4) is 0 Å². The van der Waals surface area contributed by atoms with Crippen LogP contribution in [-0.2, 0) is 21.4 Å². The van der Waals surface area contributed by atoms with E-state index >= 15 is 0 Å². The van der Waals surface area contributed by atoms with Crippen molar-refractivity contribution in [2.75, 3.05) is 13.2 Å². The smallest absolute Gasteiger partial charge is 0.305 e. The van der Waals surface area contributed by atoms with Crippen molar-refractivity contribution in [3.05, 3.63) is 12.4 Å². The van der Waals surface area contributed by atoms with Gasteiger partial charge in [0.15, 0.2) is 0 Å². The lowest BCUT2D eigenvalue weighted by Crippen LogP contribution is -2.39. The van der Waals surface area contributed by atoms with Crippen LogP contribution in [0.3, 0.4) is 0 Å². The van der Waals surface area contributed by atoms with Crippen LogP contribution in [0.5, 0.6) is 0 Å². The minimum absolute atomic E-state index is 0.0499. The highest BCUT2D eigenvalue weighted by Crippen LogP contribution is 2.08. The van der Waals surface area contributed by atoms with Gasteiger partial charge in [0.25, 0.3) is 0 Å². The van der Waals surface area contributed by atoms with E-state index in [0.29, 0.717) is 0 Å².